The van der Waals surface area contributed by atoms with Crippen molar-refractivity contribution in [2.45, 2.75) is 20.3 Å². The van der Waals surface area contributed by atoms with Gasteiger partial charge in [0.1, 0.15) is 0 Å². The third kappa shape index (κ3) is 5.45. The monoisotopic (exact) mass is 347 g/mol. The zero-order chi connectivity index (χ0) is 18.2. The van der Waals surface area contributed by atoms with Crippen LogP contribution < -0.4 is 15.5 Å². The lowest BCUT2D eigenvalue weighted by atomic mass is 10.2. The fourth-order valence-electron chi connectivity index (χ4n) is 2.49. The summed E-state index contributed by atoms with van der Waals surface area (Å²) in [5.41, 5.74) is 2.28. The van der Waals surface area contributed by atoms with Crippen molar-refractivity contribution >= 4 is 23.0 Å². The van der Waals surface area contributed by atoms with E-state index in [9.17, 15) is 13.6 Å². The SMILES string of the molecule is CCN(CC)c1ccc(NC(=O)CCNc2ccc(F)c(F)c2)cc1. The van der Waals surface area contributed by atoms with E-state index in [4.69, 9.17) is 0 Å². The van der Waals surface area contributed by atoms with Gasteiger partial charge >= 0.3 is 0 Å². The molecule has 6 heteroatoms. The van der Waals surface area contributed by atoms with E-state index in [1.807, 2.05) is 24.3 Å². The van der Waals surface area contributed by atoms with Crippen LogP contribution in [0.5, 0.6) is 0 Å². The number of hydrogen-bond donors (Lipinski definition) is 2. The Morgan fingerprint density at radius 2 is 1.60 bits per heavy atom. The normalized spacial score (nSPS) is 10.4. The van der Waals surface area contributed by atoms with Crippen molar-refractivity contribution in [1.29, 1.82) is 0 Å². The molecule has 0 heterocycles. The van der Waals surface area contributed by atoms with Crippen LogP contribution in [0.25, 0.3) is 0 Å². The highest BCUT2D eigenvalue weighted by Crippen LogP contribution is 2.18. The summed E-state index contributed by atoms with van der Waals surface area (Å²) in [4.78, 5) is 14.2. The molecule has 0 fully saturated rings. The van der Waals surface area contributed by atoms with Crippen LogP contribution in [0.3, 0.4) is 0 Å². The molecule has 0 saturated carbocycles. The maximum atomic E-state index is 13.1. The zero-order valence-corrected chi connectivity index (χ0v) is 14.5. The van der Waals surface area contributed by atoms with E-state index in [0.29, 0.717) is 12.2 Å². The number of anilines is 3. The average Bonchev–Trinajstić information content (AvgIpc) is 2.60. The van der Waals surface area contributed by atoms with Crippen LogP contribution in [-0.2, 0) is 4.79 Å². The molecule has 0 unspecified atom stereocenters. The van der Waals surface area contributed by atoms with Crippen molar-refractivity contribution in [3.8, 4) is 0 Å². The molecule has 0 bridgehead atoms. The second-order valence-corrected chi connectivity index (χ2v) is 5.57. The number of carbonyl (C=O) groups excluding carboxylic acids is 1. The first kappa shape index (κ1) is 18.7. The van der Waals surface area contributed by atoms with E-state index < -0.39 is 11.6 Å². The maximum absolute atomic E-state index is 13.1. The number of halogens is 2. The van der Waals surface area contributed by atoms with Crippen molar-refractivity contribution in [3.05, 3.63) is 54.1 Å². The summed E-state index contributed by atoms with van der Waals surface area (Å²) in [5.74, 6) is -1.95. The van der Waals surface area contributed by atoms with E-state index in [1.165, 1.54) is 6.07 Å². The van der Waals surface area contributed by atoms with Gasteiger partial charge in [0.2, 0.25) is 5.91 Å². The molecule has 0 atom stereocenters. The number of rotatable bonds is 8. The highest BCUT2D eigenvalue weighted by Gasteiger charge is 2.06. The molecular weight excluding hydrogens is 324 g/mol. The van der Waals surface area contributed by atoms with Crippen molar-refractivity contribution < 1.29 is 13.6 Å². The quantitative estimate of drug-likeness (QED) is 0.750. The van der Waals surface area contributed by atoms with Gasteiger partial charge in [-0.3, -0.25) is 4.79 Å². The molecule has 0 aromatic heterocycles. The summed E-state index contributed by atoms with van der Waals surface area (Å²) in [6.45, 7) is 6.38. The number of amides is 1. The van der Waals surface area contributed by atoms with Crippen LogP contribution in [0.2, 0.25) is 0 Å². The van der Waals surface area contributed by atoms with E-state index in [0.717, 1.165) is 36.6 Å². The topological polar surface area (TPSA) is 44.4 Å². The summed E-state index contributed by atoms with van der Waals surface area (Å²) >= 11 is 0. The molecule has 2 aromatic carbocycles. The van der Waals surface area contributed by atoms with Gasteiger partial charge in [0.05, 0.1) is 0 Å². The summed E-state index contributed by atoms with van der Waals surface area (Å²) in [6, 6.07) is 11.2. The fourth-order valence-corrected chi connectivity index (χ4v) is 2.49. The van der Waals surface area contributed by atoms with Crippen LogP contribution in [0.4, 0.5) is 25.8 Å². The van der Waals surface area contributed by atoms with Crippen LogP contribution in [0.15, 0.2) is 42.5 Å². The smallest absolute Gasteiger partial charge is 0.226 e. The van der Waals surface area contributed by atoms with Crippen molar-refractivity contribution in [2.24, 2.45) is 0 Å². The molecule has 0 radical (unpaired) electrons. The number of nitrogens with one attached hydrogen (secondary N) is 2. The first-order valence-electron chi connectivity index (χ1n) is 8.37. The molecule has 2 rings (SSSR count). The van der Waals surface area contributed by atoms with Gasteiger partial charge in [-0.05, 0) is 56.3 Å². The highest BCUT2D eigenvalue weighted by molar-refractivity contribution is 5.91. The van der Waals surface area contributed by atoms with Crippen molar-refractivity contribution in [1.82, 2.24) is 0 Å². The fraction of sp³-hybridized carbons (Fsp3) is 0.316. The van der Waals surface area contributed by atoms with Gasteiger partial charge in [-0.1, -0.05) is 0 Å². The van der Waals surface area contributed by atoms with Gasteiger partial charge in [-0.2, -0.15) is 0 Å². The number of nitrogens with zero attached hydrogens (tertiary/aromatic N) is 1. The minimum atomic E-state index is -0.914. The maximum Gasteiger partial charge on any atom is 0.226 e. The summed E-state index contributed by atoms with van der Waals surface area (Å²) in [6.07, 6.45) is 0.219. The van der Waals surface area contributed by atoms with Crippen molar-refractivity contribution in [2.75, 3.05) is 35.2 Å². The number of benzene rings is 2. The van der Waals surface area contributed by atoms with Crippen molar-refractivity contribution in [3.63, 3.8) is 0 Å². The molecule has 0 spiro atoms. The average molecular weight is 347 g/mol. The Morgan fingerprint density at radius 3 is 2.20 bits per heavy atom. The molecule has 2 aromatic rings. The molecule has 0 aliphatic heterocycles. The number of carbonyl (C=O) groups is 1. The van der Waals surface area contributed by atoms with Crippen LogP contribution in [0, 0.1) is 11.6 Å². The van der Waals surface area contributed by atoms with Gasteiger partial charge in [0.15, 0.2) is 11.6 Å². The summed E-state index contributed by atoms with van der Waals surface area (Å²) in [7, 11) is 0. The largest absolute Gasteiger partial charge is 0.384 e. The first-order chi connectivity index (χ1) is 12.0. The second-order valence-electron chi connectivity index (χ2n) is 5.57. The zero-order valence-electron chi connectivity index (χ0n) is 14.5. The van der Waals surface area contributed by atoms with Crippen LogP contribution >= 0.6 is 0 Å². The molecule has 0 aliphatic rings. The molecule has 0 saturated heterocycles. The predicted molar refractivity (Wildman–Crippen MR) is 98.1 cm³/mol. The van der Waals surface area contributed by atoms with Gasteiger partial charge in [0.25, 0.3) is 0 Å². The standard InChI is InChI=1S/C19H23F2N3O/c1-3-24(4-2)16-8-5-14(6-9-16)23-19(25)11-12-22-15-7-10-17(20)18(21)13-15/h5-10,13,22H,3-4,11-12H2,1-2H3,(H,23,25). The lowest BCUT2D eigenvalue weighted by Crippen LogP contribution is -2.21. The predicted octanol–water partition coefficient (Wildman–Crippen LogP) is 4.25. The Bertz CT molecular complexity index is 700. The van der Waals surface area contributed by atoms with Gasteiger partial charge < -0.3 is 15.5 Å². The van der Waals surface area contributed by atoms with Gasteiger partial charge in [0, 0.05) is 43.1 Å². The third-order valence-electron chi connectivity index (χ3n) is 3.88. The van der Waals surface area contributed by atoms with Crippen LogP contribution in [-0.4, -0.2) is 25.5 Å². The van der Waals surface area contributed by atoms with Gasteiger partial charge in [-0.15, -0.1) is 0 Å². The molecule has 134 valence electrons. The summed E-state index contributed by atoms with van der Waals surface area (Å²) in [5, 5.41) is 5.71. The Labute approximate surface area is 146 Å². The Hall–Kier alpha value is -2.63. The first-order valence-corrected chi connectivity index (χ1v) is 8.37. The molecule has 25 heavy (non-hydrogen) atoms. The molecule has 1 amide bonds. The minimum Gasteiger partial charge on any atom is -0.384 e. The Kier molecular flexibility index (Phi) is 6.74. The van der Waals surface area contributed by atoms with E-state index in [1.54, 1.807) is 0 Å². The second kappa shape index (κ2) is 9.01. The molecule has 4 nitrogen and oxygen atoms in total. The highest BCUT2D eigenvalue weighted by atomic mass is 19.2. The Balaban J connectivity index is 1.80. The summed E-state index contributed by atoms with van der Waals surface area (Å²) < 4.78 is 25.9. The van der Waals surface area contributed by atoms with E-state index in [2.05, 4.69) is 29.4 Å². The Morgan fingerprint density at radius 1 is 0.960 bits per heavy atom. The van der Waals surface area contributed by atoms with E-state index >= 15 is 0 Å². The molecular formula is C19H23F2N3O. The third-order valence-corrected chi connectivity index (χ3v) is 3.88. The van der Waals surface area contributed by atoms with Crippen LogP contribution in [0.1, 0.15) is 20.3 Å². The lowest BCUT2D eigenvalue weighted by Gasteiger charge is -2.21. The van der Waals surface area contributed by atoms with Gasteiger partial charge in [-0.25, -0.2) is 8.78 Å². The lowest BCUT2D eigenvalue weighted by molar-refractivity contribution is -0.115. The molecule has 0 aliphatic carbocycles. The minimum absolute atomic E-state index is 0.148. The number of hydrogen-bond acceptors (Lipinski definition) is 3. The molecule has 2 N–H and O–H groups in total. The van der Waals surface area contributed by atoms with E-state index in [-0.39, 0.29) is 12.3 Å².